The van der Waals surface area contributed by atoms with E-state index in [1.807, 2.05) is 90.1 Å². The molecule has 1 N–H and O–H groups in total. The van der Waals surface area contributed by atoms with E-state index in [4.69, 9.17) is 14.0 Å². The van der Waals surface area contributed by atoms with E-state index in [0.717, 1.165) is 21.9 Å². The molecule has 30 heavy (non-hydrogen) atoms. The topological polar surface area (TPSA) is 60.5 Å². The summed E-state index contributed by atoms with van der Waals surface area (Å²) in [6.45, 7) is 12.3. The maximum absolute atomic E-state index is 12.5. The molecule has 0 spiro atoms. The van der Waals surface area contributed by atoms with Gasteiger partial charge in [0.25, 0.3) is 0 Å². The highest BCUT2D eigenvalue weighted by molar-refractivity contribution is 6.65. The van der Waals surface area contributed by atoms with Crippen molar-refractivity contribution in [2.75, 3.05) is 0 Å². The summed E-state index contributed by atoms with van der Waals surface area (Å²) in [7, 11) is -0.500. The lowest BCUT2D eigenvalue weighted by atomic mass is 9.78. The van der Waals surface area contributed by atoms with Crippen LogP contribution in [0.2, 0.25) is 0 Å². The predicted molar refractivity (Wildman–Crippen MR) is 121 cm³/mol. The molecule has 1 aliphatic rings. The van der Waals surface area contributed by atoms with E-state index in [9.17, 15) is 4.79 Å². The Bertz CT molecular complexity index is 994. The van der Waals surface area contributed by atoms with Crippen LogP contribution in [0.3, 0.4) is 0 Å². The van der Waals surface area contributed by atoms with Gasteiger partial charge in [-0.25, -0.2) is 4.79 Å². The highest BCUT2D eigenvalue weighted by atomic mass is 16.7. The van der Waals surface area contributed by atoms with E-state index >= 15 is 0 Å². The van der Waals surface area contributed by atoms with Crippen LogP contribution in [-0.2, 0) is 20.7 Å². The third-order valence-corrected chi connectivity index (χ3v) is 5.63. The molecule has 2 heterocycles. The Morgan fingerprint density at radius 2 is 1.60 bits per heavy atom. The average molecular weight is 407 g/mol. The molecule has 0 atom stereocenters. The molecular formula is C24H30BNO4. The molecule has 0 aliphatic carbocycles. The molecule has 158 valence electrons. The van der Waals surface area contributed by atoms with Gasteiger partial charge in [-0.05, 0) is 44.7 Å². The molecule has 3 aromatic rings. The quantitative estimate of drug-likeness (QED) is 0.496. The minimum Gasteiger partial charge on any atom is -0.456 e. The maximum atomic E-state index is 12.5. The molecule has 1 aromatic heterocycles. The van der Waals surface area contributed by atoms with E-state index in [1.54, 1.807) is 6.07 Å². The zero-order valence-corrected chi connectivity index (χ0v) is 18.6. The fourth-order valence-electron chi connectivity index (χ4n) is 3.26. The van der Waals surface area contributed by atoms with Gasteiger partial charge in [-0.3, -0.25) is 0 Å². The van der Waals surface area contributed by atoms with Crippen molar-refractivity contribution in [1.82, 2.24) is 4.98 Å². The number of para-hydroxylation sites is 1. The first-order chi connectivity index (χ1) is 14.3. The van der Waals surface area contributed by atoms with Crippen LogP contribution in [0, 0.1) is 0 Å². The molecule has 4 rings (SSSR count). The Balaban J connectivity index is 0.00000124. The van der Waals surface area contributed by atoms with Crippen molar-refractivity contribution in [1.29, 1.82) is 0 Å². The van der Waals surface area contributed by atoms with Crippen LogP contribution in [-0.4, -0.2) is 29.3 Å². The van der Waals surface area contributed by atoms with Crippen molar-refractivity contribution >= 4 is 29.5 Å². The Labute approximate surface area is 178 Å². The second-order valence-electron chi connectivity index (χ2n) is 8.14. The van der Waals surface area contributed by atoms with E-state index < -0.39 is 18.3 Å². The smallest absolute Gasteiger partial charge is 0.456 e. The third-order valence-electron chi connectivity index (χ3n) is 5.63. The molecule has 2 aromatic carbocycles. The van der Waals surface area contributed by atoms with Gasteiger partial charge >= 0.3 is 13.1 Å². The first kappa shape index (κ1) is 22.1. The number of aromatic amines is 1. The molecule has 1 aliphatic heterocycles. The number of aromatic nitrogens is 1. The number of nitrogens with one attached hydrogen (secondary N) is 1. The fraction of sp³-hybridized carbons (Fsp3) is 0.375. The number of esters is 1. The van der Waals surface area contributed by atoms with E-state index in [0.29, 0.717) is 5.69 Å². The SMILES string of the molecule is CC.CC1(C)OB(c2cccc3cc(C(=O)OCc4ccccc4)[nH]c23)OC1(C)C. The van der Waals surface area contributed by atoms with Gasteiger partial charge in [0, 0.05) is 11.0 Å². The summed E-state index contributed by atoms with van der Waals surface area (Å²) in [5, 5.41) is 0.916. The van der Waals surface area contributed by atoms with Gasteiger partial charge in [0.1, 0.15) is 12.3 Å². The summed E-state index contributed by atoms with van der Waals surface area (Å²) >= 11 is 0. The molecule has 5 nitrogen and oxygen atoms in total. The Morgan fingerprint density at radius 1 is 0.967 bits per heavy atom. The Hall–Kier alpha value is -2.57. The summed E-state index contributed by atoms with van der Waals surface area (Å²) in [6, 6.07) is 17.3. The Morgan fingerprint density at radius 3 is 2.23 bits per heavy atom. The Kier molecular flexibility index (Phi) is 6.39. The minimum atomic E-state index is -0.500. The summed E-state index contributed by atoms with van der Waals surface area (Å²) < 4.78 is 17.8. The van der Waals surface area contributed by atoms with Gasteiger partial charge in [0.15, 0.2) is 0 Å². The highest BCUT2D eigenvalue weighted by Gasteiger charge is 2.52. The van der Waals surface area contributed by atoms with Gasteiger partial charge in [-0.1, -0.05) is 62.4 Å². The maximum Gasteiger partial charge on any atom is 0.497 e. The zero-order chi connectivity index (χ0) is 21.9. The van der Waals surface area contributed by atoms with Crippen molar-refractivity contribution < 1.29 is 18.8 Å². The second kappa shape index (κ2) is 8.66. The number of fused-ring (bicyclic) bond motifs is 1. The molecule has 0 amide bonds. The second-order valence-corrected chi connectivity index (χ2v) is 8.14. The number of hydrogen-bond acceptors (Lipinski definition) is 4. The summed E-state index contributed by atoms with van der Waals surface area (Å²) in [4.78, 5) is 15.7. The number of carbonyl (C=O) groups excluding carboxylic acids is 1. The van der Waals surface area contributed by atoms with Crippen LogP contribution in [0.1, 0.15) is 57.6 Å². The number of carbonyl (C=O) groups is 1. The van der Waals surface area contributed by atoms with Crippen LogP contribution in [0.15, 0.2) is 54.6 Å². The monoisotopic (exact) mass is 407 g/mol. The summed E-state index contributed by atoms with van der Waals surface area (Å²) in [5.74, 6) is -0.389. The van der Waals surface area contributed by atoms with Gasteiger partial charge < -0.3 is 19.0 Å². The number of rotatable bonds is 4. The van der Waals surface area contributed by atoms with Crippen molar-refractivity contribution in [3.8, 4) is 0 Å². The summed E-state index contributed by atoms with van der Waals surface area (Å²) in [6.07, 6.45) is 0. The first-order valence-electron chi connectivity index (χ1n) is 10.5. The molecule has 1 fully saturated rings. The molecule has 6 heteroatoms. The van der Waals surface area contributed by atoms with Crippen LogP contribution in [0.4, 0.5) is 0 Å². The summed E-state index contributed by atoms with van der Waals surface area (Å²) in [5.41, 5.74) is 2.21. The van der Waals surface area contributed by atoms with Gasteiger partial charge in [-0.15, -0.1) is 0 Å². The minimum absolute atomic E-state index is 0.235. The van der Waals surface area contributed by atoms with Gasteiger partial charge in [-0.2, -0.15) is 0 Å². The predicted octanol–water partition coefficient (Wildman–Crippen LogP) is 4.85. The zero-order valence-electron chi connectivity index (χ0n) is 18.6. The molecule has 0 radical (unpaired) electrons. The number of benzene rings is 2. The normalized spacial score (nSPS) is 16.8. The lowest BCUT2D eigenvalue weighted by Crippen LogP contribution is -2.41. The fourth-order valence-corrected chi connectivity index (χ4v) is 3.26. The first-order valence-corrected chi connectivity index (χ1v) is 10.5. The van der Waals surface area contributed by atoms with Crippen LogP contribution >= 0.6 is 0 Å². The number of H-pyrrole nitrogens is 1. The van der Waals surface area contributed by atoms with Gasteiger partial charge in [0.2, 0.25) is 0 Å². The number of hydrogen-bond donors (Lipinski definition) is 1. The van der Waals surface area contributed by atoms with Crippen molar-refractivity contribution in [2.24, 2.45) is 0 Å². The average Bonchev–Trinajstić information content (AvgIpc) is 3.26. The van der Waals surface area contributed by atoms with Crippen LogP contribution in [0.25, 0.3) is 10.9 Å². The standard InChI is InChI=1S/C22H24BNO4.C2H6/c1-21(2)22(3,4)28-23(27-21)17-12-8-11-16-13-18(24-19(16)17)20(25)26-14-15-9-6-5-7-10-15;1-2/h5-13,24H,14H2,1-4H3;1-2H3. The van der Waals surface area contributed by atoms with E-state index in [2.05, 4.69) is 4.98 Å². The van der Waals surface area contributed by atoms with E-state index in [1.165, 1.54) is 0 Å². The van der Waals surface area contributed by atoms with E-state index in [-0.39, 0.29) is 12.6 Å². The van der Waals surface area contributed by atoms with Gasteiger partial charge in [0.05, 0.1) is 11.2 Å². The largest absolute Gasteiger partial charge is 0.497 e. The molecular weight excluding hydrogens is 377 g/mol. The molecule has 0 bridgehead atoms. The van der Waals surface area contributed by atoms with Crippen LogP contribution < -0.4 is 5.46 Å². The molecule has 1 saturated heterocycles. The van der Waals surface area contributed by atoms with Crippen molar-refractivity contribution in [3.05, 3.63) is 65.9 Å². The lowest BCUT2D eigenvalue weighted by molar-refractivity contribution is 0.00578. The van der Waals surface area contributed by atoms with Crippen molar-refractivity contribution in [2.45, 2.75) is 59.4 Å². The number of ether oxygens (including phenoxy) is 1. The molecule has 0 saturated carbocycles. The van der Waals surface area contributed by atoms with Crippen LogP contribution in [0.5, 0.6) is 0 Å². The third kappa shape index (κ3) is 4.30. The highest BCUT2D eigenvalue weighted by Crippen LogP contribution is 2.37. The molecule has 0 unspecified atom stereocenters. The lowest BCUT2D eigenvalue weighted by Gasteiger charge is -2.32. The van der Waals surface area contributed by atoms with Crippen molar-refractivity contribution in [3.63, 3.8) is 0 Å².